The summed E-state index contributed by atoms with van der Waals surface area (Å²) in [6.45, 7) is 0. The molecule has 2 aromatic heterocycles. The highest BCUT2D eigenvalue weighted by molar-refractivity contribution is 8.03. The number of fused-ring (bicyclic) bond motifs is 3. The Morgan fingerprint density at radius 3 is 3.00 bits per heavy atom. The molecule has 108 valence electrons. The summed E-state index contributed by atoms with van der Waals surface area (Å²) in [7, 11) is 0. The van der Waals surface area contributed by atoms with E-state index < -0.39 is 0 Å². The topological polar surface area (TPSA) is 42.0 Å². The molecule has 4 rings (SSSR count). The van der Waals surface area contributed by atoms with Gasteiger partial charge in [0.1, 0.15) is 0 Å². The third-order valence-electron chi connectivity index (χ3n) is 3.82. The van der Waals surface area contributed by atoms with Gasteiger partial charge in [0.15, 0.2) is 5.13 Å². The van der Waals surface area contributed by atoms with E-state index in [1.165, 1.54) is 47.5 Å². The van der Waals surface area contributed by atoms with Gasteiger partial charge >= 0.3 is 0 Å². The Balaban J connectivity index is 1.61. The minimum Gasteiger partial charge on any atom is -0.297 e. The van der Waals surface area contributed by atoms with Crippen molar-refractivity contribution in [3.05, 3.63) is 37.4 Å². The molecule has 0 aromatic carbocycles. The van der Waals surface area contributed by atoms with E-state index in [1.54, 1.807) is 28.4 Å². The Hall–Kier alpha value is -1.11. The molecule has 21 heavy (non-hydrogen) atoms. The zero-order valence-electron chi connectivity index (χ0n) is 11.3. The van der Waals surface area contributed by atoms with Crippen molar-refractivity contribution in [1.29, 1.82) is 0 Å². The summed E-state index contributed by atoms with van der Waals surface area (Å²) < 4.78 is 0. The minimum atomic E-state index is -0.0352. The van der Waals surface area contributed by atoms with Crippen LogP contribution >= 0.6 is 34.4 Å². The number of aryl methyl sites for hydroxylation is 1. The maximum Gasteiger partial charge on any atom is 0.263 e. The Labute approximate surface area is 135 Å². The standard InChI is InChI=1S/C15H14N2OS3/c18-14(17-15-16-5-6-19-15)13-7-12-10(8-20-13)9-3-1-2-4-11(9)21-12/h5-7H,1-4,8H2,(H,16,17,18). The molecule has 1 N–H and O–H groups in total. The van der Waals surface area contributed by atoms with E-state index in [0.29, 0.717) is 5.13 Å². The number of hydrogen-bond acceptors (Lipinski definition) is 5. The van der Waals surface area contributed by atoms with Crippen molar-refractivity contribution >= 4 is 51.6 Å². The third-order valence-corrected chi connectivity index (χ3v) is 6.84. The lowest BCUT2D eigenvalue weighted by Gasteiger charge is -2.15. The van der Waals surface area contributed by atoms with Gasteiger partial charge in [0, 0.05) is 27.1 Å². The van der Waals surface area contributed by atoms with Crippen LogP contribution in [0.1, 0.15) is 33.7 Å². The lowest BCUT2D eigenvalue weighted by atomic mass is 9.95. The second kappa shape index (κ2) is 5.59. The van der Waals surface area contributed by atoms with Gasteiger partial charge in [-0.2, -0.15) is 0 Å². The van der Waals surface area contributed by atoms with Gasteiger partial charge in [-0.1, -0.05) is 0 Å². The highest BCUT2D eigenvalue weighted by Crippen LogP contribution is 2.42. The van der Waals surface area contributed by atoms with Crippen LogP contribution in [0.3, 0.4) is 0 Å². The Morgan fingerprint density at radius 2 is 2.14 bits per heavy atom. The van der Waals surface area contributed by atoms with Crippen LogP contribution < -0.4 is 5.32 Å². The van der Waals surface area contributed by atoms with Crippen molar-refractivity contribution in [3.8, 4) is 0 Å². The van der Waals surface area contributed by atoms with Gasteiger partial charge in [-0.25, -0.2) is 4.98 Å². The van der Waals surface area contributed by atoms with Gasteiger partial charge < -0.3 is 0 Å². The van der Waals surface area contributed by atoms with Crippen LogP contribution in [-0.4, -0.2) is 10.9 Å². The molecule has 1 aliphatic carbocycles. The minimum absolute atomic E-state index is 0.0352. The molecule has 0 saturated carbocycles. The van der Waals surface area contributed by atoms with Crippen LogP contribution in [-0.2, 0) is 23.4 Å². The monoisotopic (exact) mass is 334 g/mol. The molecular weight excluding hydrogens is 320 g/mol. The van der Waals surface area contributed by atoms with E-state index in [9.17, 15) is 4.79 Å². The SMILES string of the molecule is O=C(Nc1nccs1)C1=Cc2sc3c(c2CS1)CCCC3. The van der Waals surface area contributed by atoms with Crippen molar-refractivity contribution in [2.24, 2.45) is 0 Å². The molecule has 3 heterocycles. The summed E-state index contributed by atoms with van der Waals surface area (Å²) in [5.74, 6) is 0.894. The van der Waals surface area contributed by atoms with Crippen LogP contribution in [0.15, 0.2) is 16.5 Å². The second-order valence-electron chi connectivity index (χ2n) is 5.14. The van der Waals surface area contributed by atoms with Crippen LogP contribution in [0, 0.1) is 0 Å². The molecule has 2 aromatic rings. The van der Waals surface area contributed by atoms with Crippen molar-refractivity contribution < 1.29 is 4.79 Å². The Kier molecular flexibility index (Phi) is 3.61. The fraction of sp³-hybridized carbons (Fsp3) is 0.333. The summed E-state index contributed by atoms with van der Waals surface area (Å²) >= 11 is 4.98. The molecule has 1 amide bonds. The molecular formula is C15H14N2OS3. The van der Waals surface area contributed by atoms with Crippen molar-refractivity contribution in [2.45, 2.75) is 31.4 Å². The summed E-state index contributed by atoms with van der Waals surface area (Å²) in [6.07, 6.45) is 8.81. The summed E-state index contributed by atoms with van der Waals surface area (Å²) in [5.41, 5.74) is 3.05. The average molecular weight is 334 g/mol. The van der Waals surface area contributed by atoms with Gasteiger partial charge in [0.05, 0.1) is 4.91 Å². The van der Waals surface area contributed by atoms with E-state index in [1.807, 2.05) is 16.7 Å². The second-order valence-corrected chi connectivity index (χ2v) is 8.19. The van der Waals surface area contributed by atoms with Crippen molar-refractivity contribution in [1.82, 2.24) is 4.98 Å². The smallest absolute Gasteiger partial charge is 0.263 e. The third kappa shape index (κ3) is 2.56. The van der Waals surface area contributed by atoms with Gasteiger partial charge in [-0.3, -0.25) is 10.1 Å². The molecule has 0 fully saturated rings. The summed E-state index contributed by atoms with van der Waals surface area (Å²) in [4.78, 5) is 20.0. The number of nitrogens with one attached hydrogen (secondary N) is 1. The van der Waals surface area contributed by atoms with Crippen molar-refractivity contribution in [2.75, 3.05) is 5.32 Å². The number of rotatable bonds is 2. The first-order valence-electron chi connectivity index (χ1n) is 7.00. The number of amides is 1. The molecule has 0 unspecified atom stereocenters. The molecule has 1 aliphatic heterocycles. The normalized spacial score (nSPS) is 16.9. The van der Waals surface area contributed by atoms with Crippen LogP contribution in [0.25, 0.3) is 6.08 Å². The summed E-state index contributed by atoms with van der Waals surface area (Å²) in [5, 5.41) is 5.40. The first-order valence-corrected chi connectivity index (χ1v) is 9.68. The average Bonchev–Trinajstić information content (AvgIpc) is 3.13. The highest BCUT2D eigenvalue weighted by Gasteiger charge is 2.25. The first kappa shape index (κ1) is 13.5. The fourth-order valence-corrected chi connectivity index (χ4v) is 5.87. The number of nitrogens with zero attached hydrogens (tertiary/aromatic N) is 1. The van der Waals surface area contributed by atoms with Gasteiger partial charge in [-0.05, 0) is 42.9 Å². The maximum atomic E-state index is 12.3. The number of thiophene rings is 1. The molecule has 3 nitrogen and oxygen atoms in total. The van der Waals surface area contributed by atoms with Crippen molar-refractivity contribution in [3.63, 3.8) is 0 Å². The molecule has 0 saturated heterocycles. The molecule has 2 aliphatic rings. The Bertz CT molecular complexity index is 716. The number of aromatic nitrogens is 1. The molecule has 0 atom stereocenters. The van der Waals surface area contributed by atoms with Gasteiger partial charge in [-0.15, -0.1) is 34.4 Å². The molecule has 0 spiro atoms. The number of anilines is 1. The molecule has 0 radical (unpaired) electrons. The lowest BCUT2D eigenvalue weighted by molar-refractivity contribution is -0.112. The lowest BCUT2D eigenvalue weighted by Crippen LogP contribution is -2.14. The Morgan fingerprint density at radius 1 is 1.24 bits per heavy atom. The molecule has 6 heteroatoms. The maximum absolute atomic E-state index is 12.3. The summed E-state index contributed by atoms with van der Waals surface area (Å²) in [6, 6.07) is 0. The molecule has 0 bridgehead atoms. The zero-order valence-corrected chi connectivity index (χ0v) is 13.8. The first-order chi connectivity index (χ1) is 10.3. The fourth-order valence-electron chi connectivity index (χ4n) is 2.81. The van der Waals surface area contributed by atoms with E-state index in [-0.39, 0.29) is 5.91 Å². The number of hydrogen-bond donors (Lipinski definition) is 1. The number of carbonyl (C=O) groups is 1. The largest absolute Gasteiger partial charge is 0.297 e. The van der Waals surface area contributed by atoms with E-state index in [0.717, 1.165) is 10.7 Å². The van der Waals surface area contributed by atoms with E-state index in [4.69, 9.17) is 0 Å². The number of carbonyl (C=O) groups excluding carboxylic acids is 1. The van der Waals surface area contributed by atoms with Gasteiger partial charge in [0.25, 0.3) is 5.91 Å². The van der Waals surface area contributed by atoms with E-state index in [2.05, 4.69) is 16.4 Å². The van der Waals surface area contributed by atoms with Crippen LogP contribution in [0.5, 0.6) is 0 Å². The number of thiazole rings is 1. The highest BCUT2D eigenvalue weighted by atomic mass is 32.2. The predicted octanol–water partition coefficient (Wildman–Crippen LogP) is 4.31. The zero-order chi connectivity index (χ0) is 14.2. The van der Waals surface area contributed by atoms with E-state index >= 15 is 0 Å². The number of thioether (sulfide) groups is 1. The van der Waals surface area contributed by atoms with Crippen LogP contribution in [0.4, 0.5) is 5.13 Å². The van der Waals surface area contributed by atoms with Crippen LogP contribution in [0.2, 0.25) is 0 Å². The quantitative estimate of drug-likeness (QED) is 0.890. The predicted molar refractivity (Wildman–Crippen MR) is 91.0 cm³/mol. The van der Waals surface area contributed by atoms with Gasteiger partial charge in [0.2, 0.25) is 0 Å².